The quantitative estimate of drug-likeness (QED) is 0.853. The highest BCUT2D eigenvalue weighted by atomic mass is 15.0. The summed E-state index contributed by atoms with van der Waals surface area (Å²) in [4.78, 5) is 12.8. The number of pyridine rings is 1. The van der Waals surface area contributed by atoms with Gasteiger partial charge in [-0.2, -0.15) is 0 Å². The van der Waals surface area contributed by atoms with E-state index in [1.807, 2.05) is 24.4 Å². The van der Waals surface area contributed by atoms with Crippen LogP contribution in [-0.2, 0) is 6.42 Å². The average Bonchev–Trinajstić information content (AvgIpc) is 2.38. The molecule has 4 heteroatoms. The van der Waals surface area contributed by atoms with Gasteiger partial charge in [0, 0.05) is 31.6 Å². The monoisotopic (exact) mass is 228 g/mol. The summed E-state index contributed by atoms with van der Waals surface area (Å²) in [6, 6.07) is 5.85. The number of nitrogens with one attached hydrogen (secondary N) is 1. The molecule has 0 saturated heterocycles. The van der Waals surface area contributed by atoms with E-state index in [9.17, 15) is 0 Å². The van der Waals surface area contributed by atoms with Crippen LogP contribution in [0, 0.1) is 0 Å². The minimum Gasteiger partial charge on any atom is -0.370 e. The Bertz CT molecular complexity index is 456. The van der Waals surface area contributed by atoms with E-state index in [1.165, 1.54) is 0 Å². The molecule has 0 atom stereocenters. The highest BCUT2D eigenvalue weighted by Gasteiger charge is 2.00. The SMILES string of the molecule is CCCNc1ccnc(Cc2cccnc2)n1. The lowest BCUT2D eigenvalue weighted by molar-refractivity contribution is 0.929. The fourth-order valence-electron chi connectivity index (χ4n) is 1.52. The number of rotatable bonds is 5. The Kier molecular flexibility index (Phi) is 4.02. The topological polar surface area (TPSA) is 50.7 Å². The van der Waals surface area contributed by atoms with Crippen LogP contribution in [0.15, 0.2) is 36.8 Å². The molecule has 0 unspecified atom stereocenters. The van der Waals surface area contributed by atoms with Gasteiger partial charge in [0.1, 0.15) is 11.6 Å². The van der Waals surface area contributed by atoms with Crippen LogP contribution >= 0.6 is 0 Å². The van der Waals surface area contributed by atoms with Crippen LogP contribution in [-0.4, -0.2) is 21.5 Å². The third-order valence-corrected chi connectivity index (χ3v) is 2.35. The molecule has 0 saturated carbocycles. The van der Waals surface area contributed by atoms with Gasteiger partial charge in [-0.05, 0) is 24.1 Å². The van der Waals surface area contributed by atoms with Crippen LogP contribution in [0.2, 0.25) is 0 Å². The van der Waals surface area contributed by atoms with E-state index in [0.717, 1.165) is 36.6 Å². The first-order chi connectivity index (χ1) is 8.38. The molecule has 17 heavy (non-hydrogen) atoms. The molecule has 0 fully saturated rings. The standard InChI is InChI=1S/C13H16N4/c1-2-6-15-12-5-8-16-13(17-12)9-11-4-3-7-14-10-11/h3-5,7-8,10H,2,6,9H2,1H3,(H,15,16,17). The molecule has 0 amide bonds. The molecule has 88 valence electrons. The van der Waals surface area contributed by atoms with Crippen molar-refractivity contribution in [3.05, 3.63) is 48.2 Å². The zero-order valence-electron chi connectivity index (χ0n) is 9.93. The third kappa shape index (κ3) is 3.52. The summed E-state index contributed by atoms with van der Waals surface area (Å²) in [6.07, 6.45) is 7.20. The van der Waals surface area contributed by atoms with Crippen molar-refractivity contribution in [2.75, 3.05) is 11.9 Å². The van der Waals surface area contributed by atoms with Crippen LogP contribution in [0.4, 0.5) is 5.82 Å². The fourth-order valence-corrected chi connectivity index (χ4v) is 1.52. The summed E-state index contributed by atoms with van der Waals surface area (Å²) in [5.41, 5.74) is 1.13. The van der Waals surface area contributed by atoms with Gasteiger partial charge in [-0.25, -0.2) is 9.97 Å². The molecule has 0 radical (unpaired) electrons. The molecule has 2 aromatic heterocycles. The summed E-state index contributed by atoms with van der Waals surface area (Å²) in [6.45, 7) is 3.06. The van der Waals surface area contributed by atoms with Gasteiger partial charge in [0.25, 0.3) is 0 Å². The van der Waals surface area contributed by atoms with E-state index >= 15 is 0 Å². The number of hydrogen-bond acceptors (Lipinski definition) is 4. The largest absolute Gasteiger partial charge is 0.370 e. The lowest BCUT2D eigenvalue weighted by Crippen LogP contribution is -2.05. The smallest absolute Gasteiger partial charge is 0.135 e. The predicted octanol–water partition coefficient (Wildman–Crippen LogP) is 2.28. The van der Waals surface area contributed by atoms with Crippen LogP contribution in [0.5, 0.6) is 0 Å². The van der Waals surface area contributed by atoms with Crippen molar-refractivity contribution in [1.82, 2.24) is 15.0 Å². The second-order valence-electron chi connectivity index (χ2n) is 3.82. The van der Waals surface area contributed by atoms with Crippen molar-refractivity contribution in [2.24, 2.45) is 0 Å². The molecular formula is C13H16N4. The summed E-state index contributed by atoms with van der Waals surface area (Å²) >= 11 is 0. The van der Waals surface area contributed by atoms with Crippen molar-refractivity contribution in [3.63, 3.8) is 0 Å². The molecule has 0 aromatic carbocycles. The zero-order valence-corrected chi connectivity index (χ0v) is 9.93. The van der Waals surface area contributed by atoms with E-state index in [1.54, 1.807) is 12.4 Å². The molecule has 2 heterocycles. The lowest BCUT2D eigenvalue weighted by atomic mass is 10.2. The zero-order chi connectivity index (χ0) is 11.9. The fraction of sp³-hybridized carbons (Fsp3) is 0.308. The first-order valence-electron chi connectivity index (χ1n) is 5.83. The maximum absolute atomic E-state index is 4.46. The van der Waals surface area contributed by atoms with Crippen molar-refractivity contribution in [1.29, 1.82) is 0 Å². The molecule has 0 aliphatic heterocycles. The number of aromatic nitrogens is 3. The predicted molar refractivity (Wildman–Crippen MR) is 67.9 cm³/mol. The summed E-state index contributed by atoms with van der Waals surface area (Å²) < 4.78 is 0. The summed E-state index contributed by atoms with van der Waals surface area (Å²) in [5.74, 6) is 1.71. The van der Waals surface area contributed by atoms with Gasteiger partial charge >= 0.3 is 0 Å². The van der Waals surface area contributed by atoms with Gasteiger partial charge in [-0.15, -0.1) is 0 Å². The second kappa shape index (κ2) is 5.94. The Morgan fingerprint density at radius 2 is 2.18 bits per heavy atom. The molecule has 0 aliphatic rings. The van der Waals surface area contributed by atoms with Crippen LogP contribution in [0.3, 0.4) is 0 Å². The first-order valence-corrected chi connectivity index (χ1v) is 5.83. The Labute approximate surface area is 101 Å². The van der Waals surface area contributed by atoms with Crippen molar-refractivity contribution in [2.45, 2.75) is 19.8 Å². The molecule has 2 rings (SSSR count). The van der Waals surface area contributed by atoms with E-state index < -0.39 is 0 Å². The molecule has 0 aliphatic carbocycles. The van der Waals surface area contributed by atoms with E-state index in [2.05, 4.69) is 27.2 Å². The molecule has 0 spiro atoms. The highest BCUT2D eigenvalue weighted by Crippen LogP contribution is 2.07. The van der Waals surface area contributed by atoms with Gasteiger partial charge in [0.05, 0.1) is 0 Å². The normalized spacial score (nSPS) is 10.2. The molecule has 4 nitrogen and oxygen atoms in total. The van der Waals surface area contributed by atoms with Crippen LogP contribution in [0.1, 0.15) is 24.7 Å². The van der Waals surface area contributed by atoms with Gasteiger partial charge in [0.15, 0.2) is 0 Å². The number of anilines is 1. The van der Waals surface area contributed by atoms with E-state index in [0.29, 0.717) is 0 Å². The van der Waals surface area contributed by atoms with Crippen molar-refractivity contribution >= 4 is 5.82 Å². The highest BCUT2D eigenvalue weighted by molar-refractivity contribution is 5.33. The lowest BCUT2D eigenvalue weighted by Gasteiger charge is -2.05. The van der Waals surface area contributed by atoms with Crippen molar-refractivity contribution < 1.29 is 0 Å². The summed E-state index contributed by atoms with van der Waals surface area (Å²) in [5, 5.41) is 3.25. The third-order valence-electron chi connectivity index (χ3n) is 2.35. The summed E-state index contributed by atoms with van der Waals surface area (Å²) in [7, 11) is 0. The van der Waals surface area contributed by atoms with Gasteiger partial charge in [-0.1, -0.05) is 13.0 Å². The van der Waals surface area contributed by atoms with Gasteiger partial charge in [0.2, 0.25) is 0 Å². The maximum atomic E-state index is 4.46. The minimum absolute atomic E-state index is 0.718. The number of nitrogens with zero attached hydrogens (tertiary/aromatic N) is 3. The Morgan fingerprint density at radius 1 is 1.24 bits per heavy atom. The van der Waals surface area contributed by atoms with Crippen molar-refractivity contribution in [3.8, 4) is 0 Å². The maximum Gasteiger partial charge on any atom is 0.135 e. The van der Waals surface area contributed by atoms with Gasteiger partial charge < -0.3 is 5.32 Å². The van der Waals surface area contributed by atoms with Gasteiger partial charge in [-0.3, -0.25) is 4.98 Å². The molecule has 2 aromatic rings. The average molecular weight is 228 g/mol. The van der Waals surface area contributed by atoms with Crippen LogP contribution in [0.25, 0.3) is 0 Å². The Morgan fingerprint density at radius 3 is 2.94 bits per heavy atom. The van der Waals surface area contributed by atoms with E-state index in [4.69, 9.17) is 0 Å². The Hall–Kier alpha value is -1.97. The molecule has 1 N–H and O–H groups in total. The second-order valence-corrected chi connectivity index (χ2v) is 3.82. The van der Waals surface area contributed by atoms with Crippen LogP contribution < -0.4 is 5.32 Å². The molecule has 0 bridgehead atoms. The van der Waals surface area contributed by atoms with E-state index in [-0.39, 0.29) is 0 Å². The number of hydrogen-bond donors (Lipinski definition) is 1. The first kappa shape index (κ1) is 11.5. The molecular weight excluding hydrogens is 212 g/mol. The minimum atomic E-state index is 0.718. The Balaban J connectivity index is 2.06.